The summed E-state index contributed by atoms with van der Waals surface area (Å²) in [6.07, 6.45) is 5.28. The van der Waals surface area contributed by atoms with Gasteiger partial charge < -0.3 is 9.80 Å². The lowest BCUT2D eigenvalue weighted by molar-refractivity contribution is -0.142. The van der Waals surface area contributed by atoms with Crippen LogP contribution >= 0.6 is 0 Å². The maximum Gasteiger partial charge on any atom is 0.243 e. The highest BCUT2D eigenvalue weighted by Gasteiger charge is 2.30. The number of amides is 2. The number of sulfonamides is 1. The molecule has 1 aromatic carbocycles. The largest absolute Gasteiger partial charge is 0.339 e. The second-order valence-electron chi connectivity index (χ2n) is 8.42. The fourth-order valence-electron chi connectivity index (χ4n) is 4.56. The lowest BCUT2D eigenvalue weighted by Crippen LogP contribution is -2.51. The summed E-state index contributed by atoms with van der Waals surface area (Å²) < 4.78 is 26.6. The third-order valence-corrected chi connectivity index (χ3v) is 8.61. The molecule has 2 fully saturated rings. The number of nitrogens with zero attached hydrogens (tertiary/aromatic N) is 3. The molecule has 1 saturated heterocycles. The molecule has 2 amide bonds. The highest BCUT2D eigenvalue weighted by Crippen LogP contribution is 2.27. The van der Waals surface area contributed by atoms with Crippen molar-refractivity contribution >= 4 is 21.8 Å². The molecule has 0 N–H and O–H groups in total. The standard InChI is InChI=1S/C23H35N3O4S/c1-3-26(4-2)31(29,30)21-12-9-19(10-13-21)11-14-22(27)24-15-17-25(18-16-24)23(28)20-7-5-6-8-20/h9-10,12-13,20H,3-8,11,14-18H2,1-2H3. The monoisotopic (exact) mass is 449 g/mol. The van der Waals surface area contributed by atoms with Gasteiger partial charge in [0, 0.05) is 51.6 Å². The van der Waals surface area contributed by atoms with Crippen molar-refractivity contribution in [2.75, 3.05) is 39.3 Å². The normalized spacial score (nSPS) is 18.0. The van der Waals surface area contributed by atoms with E-state index in [0.717, 1.165) is 31.2 Å². The van der Waals surface area contributed by atoms with Gasteiger partial charge in [-0.05, 0) is 37.0 Å². The van der Waals surface area contributed by atoms with Crippen LogP contribution in [0.3, 0.4) is 0 Å². The Balaban J connectivity index is 1.47. The molecule has 8 heteroatoms. The molecule has 7 nitrogen and oxygen atoms in total. The number of carbonyl (C=O) groups excluding carboxylic acids is 2. The smallest absolute Gasteiger partial charge is 0.243 e. The van der Waals surface area contributed by atoms with Gasteiger partial charge in [0.15, 0.2) is 0 Å². The molecular formula is C23H35N3O4S. The Hall–Kier alpha value is -1.93. The number of rotatable bonds is 8. The Kier molecular flexibility index (Phi) is 8.11. The van der Waals surface area contributed by atoms with Gasteiger partial charge in [0.25, 0.3) is 0 Å². The fraction of sp³-hybridized carbons (Fsp3) is 0.652. The van der Waals surface area contributed by atoms with E-state index in [1.165, 1.54) is 4.31 Å². The molecule has 0 spiro atoms. The quantitative estimate of drug-likeness (QED) is 0.611. The van der Waals surface area contributed by atoms with Crippen molar-refractivity contribution in [3.05, 3.63) is 29.8 Å². The van der Waals surface area contributed by atoms with Crippen LogP contribution in [-0.4, -0.2) is 73.6 Å². The molecular weight excluding hydrogens is 414 g/mol. The number of piperazine rings is 1. The first kappa shape index (κ1) is 23.7. The molecule has 1 aliphatic carbocycles. The van der Waals surface area contributed by atoms with Gasteiger partial charge in [-0.25, -0.2) is 8.42 Å². The zero-order valence-corrected chi connectivity index (χ0v) is 19.6. The van der Waals surface area contributed by atoms with Gasteiger partial charge in [0.1, 0.15) is 0 Å². The van der Waals surface area contributed by atoms with Crippen LogP contribution in [0.15, 0.2) is 29.2 Å². The maximum atomic E-state index is 12.6. The van der Waals surface area contributed by atoms with Crippen molar-refractivity contribution in [3.63, 3.8) is 0 Å². The minimum atomic E-state index is -3.46. The van der Waals surface area contributed by atoms with E-state index < -0.39 is 10.0 Å². The summed E-state index contributed by atoms with van der Waals surface area (Å²) >= 11 is 0. The van der Waals surface area contributed by atoms with E-state index in [1.54, 1.807) is 24.3 Å². The lowest BCUT2D eigenvalue weighted by Gasteiger charge is -2.36. The minimum absolute atomic E-state index is 0.0906. The predicted molar refractivity (Wildman–Crippen MR) is 120 cm³/mol. The van der Waals surface area contributed by atoms with Crippen molar-refractivity contribution in [3.8, 4) is 0 Å². The van der Waals surface area contributed by atoms with Gasteiger partial charge in [-0.15, -0.1) is 0 Å². The van der Waals surface area contributed by atoms with E-state index in [4.69, 9.17) is 0 Å². The summed E-state index contributed by atoms with van der Waals surface area (Å²) in [5.74, 6) is 0.549. The molecule has 0 aromatic heterocycles. The van der Waals surface area contributed by atoms with Gasteiger partial charge >= 0.3 is 0 Å². The summed E-state index contributed by atoms with van der Waals surface area (Å²) in [4.78, 5) is 29.2. The third-order valence-electron chi connectivity index (χ3n) is 6.54. The molecule has 0 atom stereocenters. The van der Waals surface area contributed by atoms with Gasteiger partial charge in [-0.1, -0.05) is 38.8 Å². The van der Waals surface area contributed by atoms with Crippen LogP contribution in [0.1, 0.15) is 51.5 Å². The molecule has 31 heavy (non-hydrogen) atoms. The summed E-state index contributed by atoms with van der Waals surface area (Å²) in [5, 5.41) is 0. The number of hydrogen-bond donors (Lipinski definition) is 0. The Morgan fingerprint density at radius 3 is 2.03 bits per heavy atom. The molecule has 0 radical (unpaired) electrons. The van der Waals surface area contributed by atoms with Crippen molar-refractivity contribution in [2.45, 2.75) is 57.3 Å². The molecule has 2 aliphatic rings. The Bertz CT molecular complexity index is 851. The van der Waals surface area contributed by atoms with Crippen LogP contribution in [0.4, 0.5) is 0 Å². The van der Waals surface area contributed by atoms with Crippen LogP contribution in [0.5, 0.6) is 0 Å². The number of aryl methyl sites for hydroxylation is 1. The van der Waals surface area contributed by atoms with E-state index >= 15 is 0 Å². The molecule has 0 unspecified atom stereocenters. The average Bonchev–Trinajstić information content (AvgIpc) is 3.33. The minimum Gasteiger partial charge on any atom is -0.339 e. The van der Waals surface area contributed by atoms with Crippen LogP contribution in [0.25, 0.3) is 0 Å². The Morgan fingerprint density at radius 2 is 1.48 bits per heavy atom. The highest BCUT2D eigenvalue weighted by atomic mass is 32.2. The first-order valence-corrected chi connectivity index (χ1v) is 13.0. The van der Waals surface area contributed by atoms with E-state index in [0.29, 0.717) is 52.1 Å². The summed E-state index contributed by atoms with van der Waals surface area (Å²) in [6, 6.07) is 6.84. The van der Waals surface area contributed by atoms with E-state index in [2.05, 4.69) is 0 Å². The molecule has 1 heterocycles. The van der Waals surface area contributed by atoms with Crippen molar-refractivity contribution in [1.82, 2.24) is 14.1 Å². The second-order valence-corrected chi connectivity index (χ2v) is 10.4. The van der Waals surface area contributed by atoms with Gasteiger partial charge in [-0.3, -0.25) is 9.59 Å². The van der Waals surface area contributed by atoms with Gasteiger partial charge in [0.05, 0.1) is 4.90 Å². The Morgan fingerprint density at radius 1 is 0.935 bits per heavy atom. The SMILES string of the molecule is CCN(CC)S(=O)(=O)c1ccc(CCC(=O)N2CCN(C(=O)C3CCCC3)CC2)cc1. The maximum absolute atomic E-state index is 12.6. The molecule has 172 valence electrons. The van der Waals surface area contributed by atoms with Gasteiger partial charge in [-0.2, -0.15) is 4.31 Å². The zero-order valence-electron chi connectivity index (χ0n) is 18.8. The van der Waals surface area contributed by atoms with E-state index in [9.17, 15) is 18.0 Å². The molecule has 0 bridgehead atoms. The second kappa shape index (κ2) is 10.6. The van der Waals surface area contributed by atoms with E-state index in [1.807, 2.05) is 23.6 Å². The summed E-state index contributed by atoms with van der Waals surface area (Å²) in [6.45, 7) is 6.97. The number of carbonyl (C=O) groups is 2. The van der Waals surface area contributed by atoms with Crippen LogP contribution in [0, 0.1) is 5.92 Å². The van der Waals surface area contributed by atoms with Crippen LogP contribution in [-0.2, 0) is 26.0 Å². The predicted octanol–water partition coefficient (Wildman–Crippen LogP) is 2.51. The average molecular weight is 450 g/mol. The first-order chi connectivity index (χ1) is 14.9. The molecule has 1 aromatic rings. The van der Waals surface area contributed by atoms with Crippen LogP contribution < -0.4 is 0 Å². The Labute approximate surface area is 186 Å². The highest BCUT2D eigenvalue weighted by molar-refractivity contribution is 7.89. The summed E-state index contributed by atoms with van der Waals surface area (Å²) in [7, 11) is -3.46. The zero-order chi connectivity index (χ0) is 22.4. The van der Waals surface area contributed by atoms with Crippen molar-refractivity contribution in [2.24, 2.45) is 5.92 Å². The van der Waals surface area contributed by atoms with Crippen LogP contribution in [0.2, 0.25) is 0 Å². The third kappa shape index (κ3) is 5.66. The van der Waals surface area contributed by atoms with Crippen molar-refractivity contribution < 1.29 is 18.0 Å². The first-order valence-electron chi connectivity index (χ1n) is 11.5. The topological polar surface area (TPSA) is 78.0 Å². The fourth-order valence-corrected chi connectivity index (χ4v) is 6.02. The lowest BCUT2D eigenvalue weighted by atomic mass is 10.1. The molecule has 1 saturated carbocycles. The van der Waals surface area contributed by atoms with E-state index in [-0.39, 0.29) is 22.6 Å². The molecule has 3 rings (SSSR count). The summed E-state index contributed by atoms with van der Waals surface area (Å²) in [5.41, 5.74) is 0.946. The van der Waals surface area contributed by atoms with Gasteiger partial charge in [0.2, 0.25) is 21.8 Å². The van der Waals surface area contributed by atoms with Crippen molar-refractivity contribution in [1.29, 1.82) is 0 Å². The molecule has 1 aliphatic heterocycles. The number of benzene rings is 1. The number of hydrogen-bond acceptors (Lipinski definition) is 4.